The Bertz CT molecular complexity index is 327. The SMILES string of the molecule is NCCCCNc1ccnc(C(N)=O)c1. The van der Waals surface area contributed by atoms with Gasteiger partial charge in [0.1, 0.15) is 5.69 Å². The first-order chi connectivity index (χ1) is 7.24. The van der Waals surface area contributed by atoms with E-state index in [4.69, 9.17) is 11.5 Å². The van der Waals surface area contributed by atoms with Crippen LogP contribution in [0.3, 0.4) is 0 Å². The van der Waals surface area contributed by atoms with Crippen molar-refractivity contribution < 1.29 is 4.79 Å². The summed E-state index contributed by atoms with van der Waals surface area (Å²) in [5.41, 5.74) is 11.6. The van der Waals surface area contributed by atoms with Gasteiger partial charge >= 0.3 is 0 Å². The van der Waals surface area contributed by atoms with Gasteiger partial charge in [0.15, 0.2) is 0 Å². The van der Waals surface area contributed by atoms with Crippen molar-refractivity contribution >= 4 is 11.6 Å². The predicted molar refractivity (Wildman–Crippen MR) is 59.5 cm³/mol. The summed E-state index contributed by atoms with van der Waals surface area (Å²) >= 11 is 0. The van der Waals surface area contributed by atoms with E-state index in [1.54, 1.807) is 18.3 Å². The molecule has 5 nitrogen and oxygen atoms in total. The Kier molecular flexibility index (Phi) is 4.56. The first kappa shape index (κ1) is 11.5. The highest BCUT2D eigenvalue weighted by Gasteiger charge is 2.01. The summed E-state index contributed by atoms with van der Waals surface area (Å²) < 4.78 is 0. The number of nitrogens with zero attached hydrogens (tertiary/aromatic N) is 1. The number of nitrogens with one attached hydrogen (secondary N) is 1. The molecule has 5 heteroatoms. The fourth-order valence-electron chi connectivity index (χ4n) is 1.18. The van der Waals surface area contributed by atoms with Gasteiger partial charge in [-0.15, -0.1) is 0 Å². The van der Waals surface area contributed by atoms with Crippen LogP contribution in [-0.4, -0.2) is 24.0 Å². The smallest absolute Gasteiger partial charge is 0.267 e. The van der Waals surface area contributed by atoms with Crippen LogP contribution < -0.4 is 16.8 Å². The van der Waals surface area contributed by atoms with Crippen molar-refractivity contribution in [3.63, 3.8) is 0 Å². The summed E-state index contributed by atoms with van der Waals surface area (Å²) in [5.74, 6) is -0.513. The van der Waals surface area contributed by atoms with E-state index in [9.17, 15) is 4.79 Å². The number of nitrogens with two attached hydrogens (primary N) is 2. The van der Waals surface area contributed by atoms with Crippen LogP contribution in [0.1, 0.15) is 23.3 Å². The third kappa shape index (κ3) is 3.95. The van der Waals surface area contributed by atoms with Gasteiger partial charge < -0.3 is 16.8 Å². The van der Waals surface area contributed by atoms with Crippen LogP contribution in [0.4, 0.5) is 5.69 Å². The molecule has 0 atom stereocenters. The third-order valence-electron chi connectivity index (χ3n) is 1.97. The predicted octanol–water partition coefficient (Wildman–Crippen LogP) is 0.331. The second kappa shape index (κ2) is 5.98. The molecule has 0 aliphatic heterocycles. The van der Waals surface area contributed by atoms with E-state index >= 15 is 0 Å². The Morgan fingerprint density at radius 2 is 2.27 bits per heavy atom. The molecule has 15 heavy (non-hydrogen) atoms. The molecule has 0 unspecified atom stereocenters. The Morgan fingerprint density at radius 1 is 1.47 bits per heavy atom. The molecule has 82 valence electrons. The van der Waals surface area contributed by atoms with Gasteiger partial charge in [-0.2, -0.15) is 0 Å². The number of amides is 1. The lowest BCUT2D eigenvalue weighted by Gasteiger charge is -2.05. The molecule has 0 bridgehead atoms. The summed E-state index contributed by atoms with van der Waals surface area (Å²) in [7, 11) is 0. The molecule has 1 amide bonds. The zero-order chi connectivity index (χ0) is 11.1. The van der Waals surface area contributed by atoms with Crippen LogP contribution in [0.5, 0.6) is 0 Å². The molecule has 0 saturated heterocycles. The number of hydrogen-bond acceptors (Lipinski definition) is 4. The Labute approximate surface area is 88.9 Å². The quantitative estimate of drug-likeness (QED) is 0.587. The maximum Gasteiger partial charge on any atom is 0.267 e. The van der Waals surface area contributed by atoms with Gasteiger partial charge in [-0.1, -0.05) is 0 Å². The van der Waals surface area contributed by atoms with E-state index in [1.165, 1.54) is 0 Å². The fraction of sp³-hybridized carbons (Fsp3) is 0.400. The van der Waals surface area contributed by atoms with Crippen molar-refractivity contribution in [1.82, 2.24) is 4.98 Å². The van der Waals surface area contributed by atoms with E-state index in [0.29, 0.717) is 6.54 Å². The Morgan fingerprint density at radius 3 is 2.93 bits per heavy atom. The van der Waals surface area contributed by atoms with Crippen molar-refractivity contribution in [2.75, 3.05) is 18.4 Å². The highest BCUT2D eigenvalue weighted by atomic mass is 16.1. The minimum Gasteiger partial charge on any atom is -0.385 e. The van der Waals surface area contributed by atoms with Gasteiger partial charge in [0.25, 0.3) is 5.91 Å². The van der Waals surface area contributed by atoms with E-state index in [2.05, 4.69) is 10.3 Å². The van der Waals surface area contributed by atoms with Gasteiger partial charge in [0, 0.05) is 18.4 Å². The average Bonchev–Trinajstić information content (AvgIpc) is 2.25. The van der Waals surface area contributed by atoms with Crippen molar-refractivity contribution in [2.24, 2.45) is 11.5 Å². The standard InChI is InChI=1S/C10H16N4O/c11-4-1-2-5-13-8-3-6-14-9(7-8)10(12)15/h3,6-7H,1-2,4-5,11H2,(H2,12,15)(H,13,14). The van der Waals surface area contributed by atoms with Crippen molar-refractivity contribution in [3.8, 4) is 0 Å². The average molecular weight is 208 g/mol. The Hall–Kier alpha value is -1.62. The summed E-state index contributed by atoms with van der Waals surface area (Å²) in [4.78, 5) is 14.7. The van der Waals surface area contributed by atoms with Crippen LogP contribution in [0, 0.1) is 0 Å². The summed E-state index contributed by atoms with van der Waals surface area (Å²) in [6.07, 6.45) is 3.55. The van der Waals surface area contributed by atoms with E-state index in [0.717, 1.165) is 25.1 Å². The number of carbonyl (C=O) groups excluding carboxylic acids is 1. The van der Waals surface area contributed by atoms with E-state index in [1.807, 2.05) is 0 Å². The molecule has 0 fully saturated rings. The number of pyridine rings is 1. The zero-order valence-electron chi connectivity index (χ0n) is 8.57. The molecule has 1 aromatic rings. The lowest BCUT2D eigenvalue weighted by atomic mass is 10.2. The maximum atomic E-state index is 10.8. The fourth-order valence-corrected chi connectivity index (χ4v) is 1.18. The first-order valence-electron chi connectivity index (χ1n) is 4.94. The molecule has 1 heterocycles. The van der Waals surface area contributed by atoms with Gasteiger partial charge in [-0.05, 0) is 31.5 Å². The number of carbonyl (C=O) groups is 1. The van der Waals surface area contributed by atoms with E-state index in [-0.39, 0.29) is 5.69 Å². The second-order valence-corrected chi connectivity index (χ2v) is 3.22. The van der Waals surface area contributed by atoms with Crippen molar-refractivity contribution in [1.29, 1.82) is 0 Å². The molecule has 0 saturated carbocycles. The topological polar surface area (TPSA) is 94.0 Å². The van der Waals surface area contributed by atoms with Gasteiger partial charge in [-0.3, -0.25) is 9.78 Å². The highest BCUT2D eigenvalue weighted by Crippen LogP contribution is 2.07. The number of rotatable bonds is 6. The molecular formula is C10H16N4O. The number of hydrogen-bond donors (Lipinski definition) is 3. The van der Waals surface area contributed by atoms with Crippen molar-refractivity contribution in [3.05, 3.63) is 24.0 Å². The normalized spacial score (nSPS) is 9.93. The lowest BCUT2D eigenvalue weighted by Crippen LogP contribution is -2.13. The number of primary amides is 1. The first-order valence-corrected chi connectivity index (χ1v) is 4.94. The van der Waals surface area contributed by atoms with Crippen LogP contribution >= 0.6 is 0 Å². The maximum absolute atomic E-state index is 10.8. The second-order valence-electron chi connectivity index (χ2n) is 3.22. The van der Waals surface area contributed by atoms with Crippen molar-refractivity contribution in [2.45, 2.75) is 12.8 Å². The Balaban J connectivity index is 2.47. The molecule has 0 aromatic carbocycles. The minimum absolute atomic E-state index is 0.277. The molecule has 1 aromatic heterocycles. The van der Waals surface area contributed by atoms with Crippen LogP contribution in [-0.2, 0) is 0 Å². The highest BCUT2D eigenvalue weighted by molar-refractivity contribution is 5.91. The summed E-state index contributed by atoms with van der Waals surface area (Å²) in [6, 6.07) is 3.44. The van der Waals surface area contributed by atoms with Gasteiger partial charge in [-0.25, -0.2) is 0 Å². The molecule has 0 radical (unpaired) electrons. The summed E-state index contributed by atoms with van der Waals surface area (Å²) in [5, 5.41) is 3.17. The molecule has 0 spiro atoms. The lowest BCUT2D eigenvalue weighted by molar-refractivity contribution is 0.0995. The van der Waals surface area contributed by atoms with Gasteiger partial charge in [0.05, 0.1) is 0 Å². The van der Waals surface area contributed by atoms with Crippen LogP contribution in [0.2, 0.25) is 0 Å². The van der Waals surface area contributed by atoms with Crippen LogP contribution in [0.15, 0.2) is 18.3 Å². The minimum atomic E-state index is -0.513. The monoisotopic (exact) mass is 208 g/mol. The zero-order valence-corrected chi connectivity index (χ0v) is 8.57. The number of anilines is 1. The summed E-state index contributed by atoms with van der Waals surface area (Å²) in [6.45, 7) is 1.53. The molecule has 1 rings (SSSR count). The molecule has 5 N–H and O–H groups in total. The largest absolute Gasteiger partial charge is 0.385 e. The third-order valence-corrected chi connectivity index (χ3v) is 1.97. The van der Waals surface area contributed by atoms with E-state index < -0.39 is 5.91 Å². The van der Waals surface area contributed by atoms with Crippen LogP contribution in [0.25, 0.3) is 0 Å². The van der Waals surface area contributed by atoms with Gasteiger partial charge in [0.2, 0.25) is 0 Å². The molecule has 0 aliphatic rings. The number of aromatic nitrogens is 1. The molecular weight excluding hydrogens is 192 g/mol. The molecule has 0 aliphatic carbocycles. The number of unbranched alkanes of at least 4 members (excludes halogenated alkanes) is 1.